The Morgan fingerprint density at radius 1 is 1.03 bits per heavy atom. The molecule has 2 amide bonds. The molecule has 1 aliphatic heterocycles. The van der Waals surface area contributed by atoms with Gasteiger partial charge in [-0.15, -0.1) is 0 Å². The zero-order chi connectivity index (χ0) is 24.3. The van der Waals surface area contributed by atoms with Gasteiger partial charge in [-0.1, -0.05) is 12.1 Å². The first-order valence-electron chi connectivity index (χ1n) is 11.4. The highest BCUT2D eigenvalue weighted by Gasteiger charge is 2.35. The van der Waals surface area contributed by atoms with Crippen LogP contribution in [0.4, 0.5) is 13.2 Å². The van der Waals surface area contributed by atoms with Gasteiger partial charge in [0.1, 0.15) is 0 Å². The minimum Gasteiger partial charge on any atom is -0.349 e. The van der Waals surface area contributed by atoms with Crippen molar-refractivity contribution < 1.29 is 22.8 Å². The first-order chi connectivity index (χ1) is 16.2. The van der Waals surface area contributed by atoms with Gasteiger partial charge in [0.15, 0.2) is 0 Å². The molecular formula is C24H27F3N4O3. The summed E-state index contributed by atoms with van der Waals surface area (Å²) in [5, 5.41) is 5.23. The van der Waals surface area contributed by atoms with Crippen LogP contribution in [-0.2, 0) is 11.0 Å². The van der Waals surface area contributed by atoms with Crippen molar-refractivity contribution in [3.05, 3.63) is 69.6 Å². The number of nitrogens with zero attached hydrogens (tertiary/aromatic N) is 1. The van der Waals surface area contributed by atoms with Gasteiger partial charge in [0.05, 0.1) is 18.2 Å². The highest BCUT2D eigenvalue weighted by Crippen LogP contribution is 2.35. The molecule has 10 heteroatoms. The topological polar surface area (TPSA) is 94.3 Å². The average molecular weight is 476 g/mol. The Kier molecular flexibility index (Phi) is 7.06. The number of halogens is 3. The lowest BCUT2D eigenvalue weighted by atomic mass is 9.82. The molecule has 0 unspecified atom stereocenters. The Balaban J connectivity index is 1.16. The third kappa shape index (κ3) is 5.85. The third-order valence-electron chi connectivity index (χ3n) is 6.58. The van der Waals surface area contributed by atoms with Crippen molar-refractivity contribution in [2.75, 3.05) is 19.6 Å². The Labute approximate surface area is 194 Å². The number of rotatable bonds is 6. The summed E-state index contributed by atoms with van der Waals surface area (Å²) in [6.07, 6.45) is -0.493. The van der Waals surface area contributed by atoms with Crippen LogP contribution >= 0.6 is 0 Å². The Hall–Kier alpha value is -3.14. The monoisotopic (exact) mass is 476 g/mol. The number of hydrogen-bond donors (Lipinski definition) is 3. The fourth-order valence-electron chi connectivity index (χ4n) is 4.74. The van der Waals surface area contributed by atoms with E-state index in [9.17, 15) is 27.6 Å². The van der Waals surface area contributed by atoms with Crippen LogP contribution in [0.3, 0.4) is 0 Å². The smallest absolute Gasteiger partial charge is 0.349 e. The normalized spacial score (nSPS) is 21.5. The van der Waals surface area contributed by atoms with Crippen molar-refractivity contribution in [1.82, 2.24) is 20.5 Å². The number of alkyl halides is 3. The summed E-state index contributed by atoms with van der Waals surface area (Å²) in [5.41, 5.74) is -0.142. The van der Waals surface area contributed by atoms with E-state index in [1.54, 1.807) is 6.07 Å². The number of carbonyl (C=O) groups is 2. The summed E-state index contributed by atoms with van der Waals surface area (Å²) in [4.78, 5) is 41.1. The molecule has 2 aliphatic rings. The van der Waals surface area contributed by atoms with Gasteiger partial charge in [0, 0.05) is 36.5 Å². The SMILES string of the molecule is O=C(CNC(=O)c1cccc(C(F)(F)F)c1)NC1CN([C@H]2CC[C@@H](c3cccc(=O)[nH]3)CC2)C1. The lowest BCUT2D eigenvalue weighted by Gasteiger charge is -2.46. The molecule has 2 aromatic rings. The number of aromatic amines is 1. The van der Waals surface area contributed by atoms with Gasteiger partial charge in [-0.05, 0) is 55.9 Å². The standard InChI is InChI=1S/C24H27F3N4O3/c25-24(26,27)17-4-1-3-16(11-17)23(34)28-12-22(33)29-18-13-31(14-18)19-9-7-15(8-10-19)20-5-2-6-21(32)30-20/h1-6,11,15,18-19H,7-10,12-14H2,(H,28,34)(H,29,33)(H,30,32)/t15-,19+. The molecule has 7 nitrogen and oxygen atoms in total. The van der Waals surface area contributed by atoms with Crippen LogP contribution in [0.5, 0.6) is 0 Å². The Morgan fingerprint density at radius 3 is 2.41 bits per heavy atom. The maximum atomic E-state index is 12.8. The van der Waals surface area contributed by atoms with Crippen LogP contribution in [0.1, 0.15) is 53.2 Å². The molecule has 1 aromatic heterocycles. The number of amides is 2. The summed E-state index contributed by atoms with van der Waals surface area (Å²) < 4.78 is 38.4. The van der Waals surface area contributed by atoms with Gasteiger partial charge >= 0.3 is 6.18 Å². The molecule has 0 spiro atoms. The number of hydrogen-bond acceptors (Lipinski definition) is 4. The molecule has 0 radical (unpaired) electrons. The second-order valence-corrected chi connectivity index (χ2v) is 8.96. The number of H-pyrrole nitrogens is 1. The quantitative estimate of drug-likeness (QED) is 0.598. The molecule has 1 saturated carbocycles. The van der Waals surface area contributed by atoms with Crippen molar-refractivity contribution in [1.29, 1.82) is 0 Å². The van der Waals surface area contributed by atoms with E-state index in [2.05, 4.69) is 20.5 Å². The molecule has 182 valence electrons. The van der Waals surface area contributed by atoms with E-state index in [0.29, 0.717) is 12.0 Å². The van der Waals surface area contributed by atoms with E-state index in [1.807, 2.05) is 6.07 Å². The molecule has 3 N–H and O–H groups in total. The summed E-state index contributed by atoms with van der Waals surface area (Å²) in [6, 6.07) is 9.78. The summed E-state index contributed by atoms with van der Waals surface area (Å²) in [7, 11) is 0. The molecule has 2 fully saturated rings. The first-order valence-corrected chi connectivity index (χ1v) is 11.4. The van der Waals surface area contributed by atoms with Gasteiger partial charge in [-0.3, -0.25) is 19.3 Å². The van der Waals surface area contributed by atoms with Crippen LogP contribution < -0.4 is 16.2 Å². The van der Waals surface area contributed by atoms with Gasteiger partial charge in [0.2, 0.25) is 11.5 Å². The first kappa shape index (κ1) is 24.0. The highest BCUT2D eigenvalue weighted by atomic mass is 19.4. The predicted molar refractivity (Wildman–Crippen MR) is 119 cm³/mol. The molecule has 1 aromatic carbocycles. The fourth-order valence-corrected chi connectivity index (χ4v) is 4.74. The fraction of sp³-hybridized carbons (Fsp3) is 0.458. The summed E-state index contributed by atoms with van der Waals surface area (Å²) in [5.74, 6) is -0.739. The van der Waals surface area contributed by atoms with Gasteiger partial charge in [-0.2, -0.15) is 13.2 Å². The number of aromatic nitrogens is 1. The van der Waals surface area contributed by atoms with E-state index < -0.39 is 17.6 Å². The number of benzene rings is 1. The molecule has 0 atom stereocenters. The van der Waals surface area contributed by atoms with Crippen LogP contribution in [0, 0.1) is 0 Å². The van der Waals surface area contributed by atoms with Crippen molar-refractivity contribution >= 4 is 11.8 Å². The molecule has 2 heterocycles. The Morgan fingerprint density at radius 2 is 1.74 bits per heavy atom. The molecule has 1 aliphatic carbocycles. The number of likely N-dealkylation sites (tertiary alicyclic amines) is 1. The van der Waals surface area contributed by atoms with Crippen molar-refractivity contribution in [3.63, 3.8) is 0 Å². The third-order valence-corrected chi connectivity index (χ3v) is 6.58. The highest BCUT2D eigenvalue weighted by molar-refractivity contribution is 5.96. The average Bonchev–Trinajstić information content (AvgIpc) is 2.79. The lowest BCUT2D eigenvalue weighted by Crippen LogP contribution is -2.63. The van der Waals surface area contributed by atoms with Crippen LogP contribution in [0.2, 0.25) is 0 Å². The van der Waals surface area contributed by atoms with Crippen LogP contribution in [0.15, 0.2) is 47.3 Å². The predicted octanol–water partition coefficient (Wildman–Crippen LogP) is 2.65. The van der Waals surface area contributed by atoms with Crippen molar-refractivity contribution in [3.8, 4) is 0 Å². The van der Waals surface area contributed by atoms with Gasteiger partial charge in [0.25, 0.3) is 5.91 Å². The number of carbonyl (C=O) groups excluding carboxylic acids is 2. The number of pyridine rings is 1. The minimum absolute atomic E-state index is 0.0128. The maximum absolute atomic E-state index is 12.8. The largest absolute Gasteiger partial charge is 0.416 e. The van der Waals surface area contributed by atoms with Crippen molar-refractivity contribution in [2.24, 2.45) is 0 Å². The molecule has 34 heavy (non-hydrogen) atoms. The van der Waals surface area contributed by atoms with E-state index >= 15 is 0 Å². The molecule has 4 rings (SSSR count). The molecule has 0 bridgehead atoms. The van der Waals surface area contributed by atoms with Gasteiger partial charge in [-0.25, -0.2) is 0 Å². The summed E-state index contributed by atoms with van der Waals surface area (Å²) >= 11 is 0. The second-order valence-electron chi connectivity index (χ2n) is 8.96. The zero-order valence-corrected chi connectivity index (χ0v) is 18.5. The second kappa shape index (κ2) is 10.0. The van der Waals surface area contributed by atoms with Gasteiger partial charge < -0.3 is 15.6 Å². The van der Waals surface area contributed by atoms with Crippen molar-refractivity contribution in [2.45, 2.75) is 49.9 Å². The van der Waals surface area contributed by atoms with Crippen LogP contribution in [0.25, 0.3) is 0 Å². The minimum atomic E-state index is -4.54. The molecule has 1 saturated heterocycles. The lowest BCUT2D eigenvalue weighted by molar-refractivity contribution is -0.137. The maximum Gasteiger partial charge on any atom is 0.416 e. The molecular weight excluding hydrogens is 449 g/mol. The van der Waals surface area contributed by atoms with E-state index in [-0.39, 0.29) is 29.6 Å². The van der Waals surface area contributed by atoms with E-state index in [1.165, 1.54) is 12.1 Å². The van der Waals surface area contributed by atoms with E-state index in [0.717, 1.165) is 62.7 Å². The van der Waals surface area contributed by atoms with Crippen LogP contribution in [-0.4, -0.2) is 53.4 Å². The van der Waals surface area contributed by atoms with E-state index in [4.69, 9.17) is 0 Å². The zero-order valence-electron chi connectivity index (χ0n) is 18.5. The Bertz CT molecular complexity index is 1090. The summed E-state index contributed by atoms with van der Waals surface area (Å²) in [6.45, 7) is 1.15. The number of nitrogens with one attached hydrogen (secondary N) is 3.